The lowest BCUT2D eigenvalue weighted by molar-refractivity contribution is 0.167. The first-order valence-electron chi connectivity index (χ1n) is 5.57. The van der Waals surface area contributed by atoms with Gasteiger partial charge in [0.1, 0.15) is 0 Å². The quantitative estimate of drug-likeness (QED) is 0.725. The number of hydrogen-bond donors (Lipinski definition) is 1. The SMILES string of the molecule is CCC1CC(C)CN1C(C)C(C)N. The third kappa shape index (κ3) is 2.44. The molecule has 1 heterocycles. The fraction of sp³-hybridized carbons (Fsp3) is 1.00. The van der Waals surface area contributed by atoms with E-state index in [-0.39, 0.29) is 0 Å². The van der Waals surface area contributed by atoms with Gasteiger partial charge in [0.15, 0.2) is 0 Å². The molecule has 0 spiro atoms. The summed E-state index contributed by atoms with van der Waals surface area (Å²) in [5.41, 5.74) is 5.94. The molecule has 2 heteroatoms. The van der Waals surface area contributed by atoms with Crippen LogP contribution in [0, 0.1) is 5.92 Å². The Bertz CT molecular complexity index is 154. The molecule has 1 aliphatic rings. The molecule has 0 bridgehead atoms. The standard InChI is InChI=1S/C11H24N2/c1-5-11-6-8(2)7-13(11)10(4)9(3)12/h8-11H,5-7,12H2,1-4H3. The summed E-state index contributed by atoms with van der Waals surface area (Å²) in [5, 5.41) is 0. The van der Waals surface area contributed by atoms with Gasteiger partial charge in [0, 0.05) is 24.7 Å². The molecule has 13 heavy (non-hydrogen) atoms. The minimum Gasteiger partial charge on any atom is -0.327 e. The number of likely N-dealkylation sites (tertiary alicyclic amines) is 1. The molecule has 0 radical (unpaired) electrons. The van der Waals surface area contributed by atoms with Crippen LogP contribution in [0.2, 0.25) is 0 Å². The van der Waals surface area contributed by atoms with Crippen molar-refractivity contribution in [1.29, 1.82) is 0 Å². The van der Waals surface area contributed by atoms with Gasteiger partial charge in [0.2, 0.25) is 0 Å². The summed E-state index contributed by atoms with van der Waals surface area (Å²) in [4.78, 5) is 2.59. The molecular formula is C11H24N2. The Hall–Kier alpha value is -0.0800. The number of nitrogens with zero attached hydrogens (tertiary/aromatic N) is 1. The van der Waals surface area contributed by atoms with Crippen LogP contribution in [0.15, 0.2) is 0 Å². The van der Waals surface area contributed by atoms with Crippen molar-refractivity contribution in [3.63, 3.8) is 0 Å². The molecular weight excluding hydrogens is 160 g/mol. The lowest BCUT2D eigenvalue weighted by Crippen LogP contribution is -2.46. The van der Waals surface area contributed by atoms with Crippen LogP contribution < -0.4 is 5.73 Å². The topological polar surface area (TPSA) is 29.3 Å². The van der Waals surface area contributed by atoms with E-state index in [0.29, 0.717) is 12.1 Å². The lowest BCUT2D eigenvalue weighted by Gasteiger charge is -2.32. The fourth-order valence-electron chi connectivity index (χ4n) is 2.39. The molecule has 0 aromatic carbocycles. The van der Waals surface area contributed by atoms with Crippen LogP contribution in [0.1, 0.15) is 40.5 Å². The summed E-state index contributed by atoms with van der Waals surface area (Å²) in [6.45, 7) is 10.2. The van der Waals surface area contributed by atoms with E-state index < -0.39 is 0 Å². The minimum atomic E-state index is 0.291. The molecule has 1 fully saturated rings. The summed E-state index contributed by atoms with van der Waals surface area (Å²) < 4.78 is 0. The van der Waals surface area contributed by atoms with Crippen molar-refractivity contribution < 1.29 is 0 Å². The van der Waals surface area contributed by atoms with Crippen molar-refractivity contribution in [2.75, 3.05) is 6.54 Å². The van der Waals surface area contributed by atoms with Gasteiger partial charge >= 0.3 is 0 Å². The highest BCUT2D eigenvalue weighted by atomic mass is 15.2. The normalized spacial score (nSPS) is 34.8. The first-order chi connectivity index (χ1) is 6.06. The van der Waals surface area contributed by atoms with E-state index in [1.807, 2.05) is 0 Å². The summed E-state index contributed by atoms with van der Waals surface area (Å²) >= 11 is 0. The Kier molecular flexibility index (Phi) is 3.74. The van der Waals surface area contributed by atoms with Gasteiger partial charge < -0.3 is 5.73 Å². The molecule has 2 nitrogen and oxygen atoms in total. The van der Waals surface area contributed by atoms with Crippen molar-refractivity contribution in [2.45, 2.75) is 58.7 Å². The third-order valence-electron chi connectivity index (χ3n) is 3.42. The van der Waals surface area contributed by atoms with E-state index >= 15 is 0 Å². The fourth-order valence-corrected chi connectivity index (χ4v) is 2.39. The summed E-state index contributed by atoms with van der Waals surface area (Å²) in [6, 6.07) is 1.60. The Morgan fingerprint density at radius 2 is 2.08 bits per heavy atom. The van der Waals surface area contributed by atoms with Gasteiger partial charge in [-0.1, -0.05) is 13.8 Å². The Morgan fingerprint density at radius 3 is 2.54 bits per heavy atom. The van der Waals surface area contributed by atoms with E-state index in [9.17, 15) is 0 Å². The Balaban J connectivity index is 2.57. The molecule has 0 saturated carbocycles. The smallest absolute Gasteiger partial charge is 0.0219 e. The van der Waals surface area contributed by atoms with E-state index in [2.05, 4.69) is 32.6 Å². The van der Waals surface area contributed by atoms with Crippen LogP contribution in [0.5, 0.6) is 0 Å². The second-order valence-electron chi connectivity index (χ2n) is 4.70. The molecule has 0 aromatic heterocycles. The van der Waals surface area contributed by atoms with Crippen LogP contribution in [0.4, 0.5) is 0 Å². The number of hydrogen-bond acceptors (Lipinski definition) is 2. The van der Waals surface area contributed by atoms with Gasteiger partial charge in [-0.05, 0) is 32.6 Å². The van der Waals surface area contributed by atoms with Gasteiger partial charge in [-0.15, -0.1) is 0 Å². The summed E-state index contributed by atoms with van der Waals surface area (Å²) in [5.74, 6) is 0.853. The van der Waals surface area contributed by atoms with Gasteiger partial charge in [-0.2, -0.15) is 0 Å². The Morgan fingerprint density at radius 1 is 1.46 bits per heavy atom. The van der Waals surface area contributed by atoms with Gasteiger partial charge in [-0.25, -0.2) is 0 Å². The van der Waals surface area contributed by atoms with E-state index in [1.165, 1.54) is 19.4 Å². The van der Waals surface area contributed by atoms with Crippen molar-refractivity contribution in [2.24, 2.45) is 11.7 Å². The Labute approximate surface area is 82.5 Å². The molecule has 1 aliphatic heterocycles. The number of rotatable bonds is 3. The zero-order valence-electron chi connectivity index (χ0n) is 9.46. The molecule has 2 N–H and O–H groups in total. The van der Waals surface area contributed by atoms with Crippen LogP contribution in [0.3, 0.4) is 0 Å². The highest BCUT2D eigenvalue weighted by Crippen LogP contribution is 2.27. The molecule has 0 aliphatic carbocycles. The molecule has 4 atom stereocenters. The van der Waals surface area contributed by atoms with Crippen LogP contribution in [-0.2, 0) is 0 Å². The molecule has 1 rings (SSSR count). The van der Waals surface area contributed by atoms with Crippen LogP contribution in [-0.4, -0.2) is 29.6 Å². The minimum absolute atomic E-state index is 0.291. The molecule has 0 amide bonds. The predicted octanol–water partition coefficient (Wildman–Crippen LogP) is 1.84. The zero-order valence-corrected chi connectivity index (χ0v) is 9.46. The highest BCUT2D eigenvalue weighted by Gasteiger charge is 2.32. The van der Waals surface area contributed by atoms with E-state index in [0.717, 1.165) is 12.0 Å². The predicted molar refractivity (Wildman–Crippen MR) is 57.7 cm³/mol. The number of nitrogens with two attached hydrogens (primary N) is 1. The molecule has 78 valence electrons. The first-order valence-corrected chi connectivity index (χ1v) is 5.57. The average molecular weight is 184 g/mol. The molecule has 1 saturated heterocycles. The third-order valence-corrected chi connectivity index (χ3v) is 3.42. The summed E-state index contributed by atoms with van der Waals surface area (Å²) in [6.07, 6.45) is 2.62. The zero-order chi connectivity index (χ0) is 10.0. The van der Waals surface area contributed by atoms with Crippen molar-refractivity contribution in [1.82, 2.24) is 4.90 Å². The molecule has 0 aromatic rings. The maximum Gasteiger partial charge on any atom is 0.0219 e. The monoisotopic (exact) mass is 184 g/mol. The molecule has 4 unspecified atom stereocenters. The van der Waals surface area contributed by atoms with Gasteiger partial charge in [0.05, 0.1) is 0 Å². The van der Waals surface area contributed by atoms with Crippen molar-refractivity contribution in [3.05, 3.63) is 0 Å². The van der Waals surface area contributed by atoms with E-state index in [1.54, 1.807) is 0 Å². The maximum atomic E-state index is 5.94. The largest absolute Gasteiger partial charge is 0.327 e. The van der Waals surface area contributed by atoms with Crippen LogP contribution in [0.25, 0.3) is 0 Å². The second-order valence-corrected chi connectivity index (χ2v) is 4.70. The van der Waals surface area contributed by atoms with Crippen LogP contribution >= 0.6 is 0 Å². The maximum absolute atomic E-state index is 5.94. The van der Waals surface area contributed by atoms with Crippen molar-refractivity contribution >= 4 is 0 Å². The van der Waals surface area contributed by atoms with E-state index in [4.69, 9.17) is 5.73 Å². The van der Waals surface area contributed by atoms with Gasteiger partial charge in [0.25, 0.3) is 0 Å². The average Bonchev–Trinajstić information content (AvgIpc) is 2.45. The summed E-state index contributed by atoms with van der Waals surface area (Å²) in [7, 11) is 0. The first kappa shape index (κ1) is 11.0. The highest BCUT2D eigenvalue weighted by molar-refractivity contribution is 4.88. The van der Waals surface area contributed by atoms with Gasteiger partial charge in [-0.3, -0.25) is 4.90 Å². The lowest BCUT2D eigenvalue weighted by atomic mass is 10.1. The van der Waals surface area contributed by atoms with Crippen molar-refractivity contribution in [3.8, 4) is 0 Å². The second kappa shape index (κ2) is 4.43.